The summed E-state index contributed by atoms with van der Waals surface area (Å²) in [6.07, 6.45) is 3.65. The Morgan fingerprint density at radius 1 is 1.37 bits per heavy atom. The topological polar surface area (TPSA) is 58.6 Å². The molecule has 0 saturated heterocycles. The summed E-state index contributed by atoms with van der Waals surface area (Å²) < 4.78 is 4.87. The van der Waals surface area contributed by atoms with Gasteiger partial charge >= 0.3 is 5.97 Å². The van der Waals surface area contributed by atoms with Crippen LogP contribution in [0.4, 0.5) is 0 Å². The minimum atomic E-state index is -0.321. The van der Waals surface area contributed by atoms with Crippen molar-refractivity contribution in [1.29, 1.82) is 0 Å². The number of hydrogen-bond donors (Lipinski definition) is 1. The fraction of sp³-hybridized carbons (Fsp3) is 0.714. The molecule has 1 amide bonds. The zero-order chi connectivity index (χ0) is 14.7. The van der Waals surface area contributed by atoms with Gasteiger partial charge in [0.2, 0.25) is 5.91 Å². The van der Waals surface area contributed by atoms with E-state index >= 15 is 0 Å². The highest BCUT2D eigenvalue weighted by Crippen LogP contribution is 1.96. The SMILES string of the molecule is C=CCN(CC(=O)NC(C)CCC)CC(=O)OCC. The lowest BCUT2D eigenvalue weighted by molar-refractivity contribution is -0.144. The van der Waals surface area contributed by atoms with Gasteiger partial charge in [-0.2, -0.15) is 0 Å². The number of hydrogen-bond acceptors (Lipinski definition) is 4. The third kappa shape index (κ3) is 9.25. The Labute approximate surface area is 116 Å². The van der Waals surface area contributed by atoms with Gasteiger partial charge in [0.25, 0.3) is 0 Å². The maximum Gasteiger partial charge on any atom is 0.320 e. The summed E-state index contributed by atoms with van der Waals surface area (Å²) in [7, 11) is 0. The van der Waals surface area contributed by atoms with E-state index in [2.05, 4.69) is 18.8 Å². The molecule has 1 atom stereocenters. The molecule has 0 heterocycles. The van der Waals surface area contributed by atoms with Crippen LogP contribution < -0.4 is 5.32 Å². The van der Waals surface area contributed by atoms with Crippen LogP contribution in [0.25, 0.3) is 0 Å². The molecule has 0 aliphatic carbocycles. The molecule has 0 aromatic carbocycles. The van der Waals surface area contributed by atoms with Crippen molar-refractivity contribution in [1.82, 2.24) is 10.2 Å². The molecule has 0 rings (SSSR count). The lowest BCUT2D eigenvalue weighted by atomic mass is 10.2. The summed E-state index contributed by atoms with van der Waals surface area (Å²) in [6, 6.07) is 0.158. The van der Waals surface area contributed by atoms with E-state index in [9.17, 15) is 9.59 Å². The van der Waals surface area contributed by atoms with Gasteiger partial charge in [0.1, 0.15) is 0 Å². The van der Waals surface area contributed by atoms with E-state index in [4.69, 9.17) is 4.74 Å². The molecule has 0 radical (unpaired) electrons. The van der Waals surface area contributed by atoms with Crippen LogP contribution in [-0.2, 0) is 14.3 Å². The van der Waals surface area contributed by atoms with Crippen molar-refractivity contribution in [3.63, 3.8) is 0 Å². The van der Waals surface area contributed by atoms with Crippen LogP contribution in [0.15, 0.2) is 12.7 Å². The molecule has 5 heteroatoms. The molecule has 1 unspecified atom stereocenters. The molecule has 1 N–H and O–H groups in total. The molecule has 0 aliphatic heterocycles. The monoisotopic (exact) mass is 270 g/mol. The van der Waals surface area contributed by atoms with Gasteiger partial charge in [0.15, 0.2) is 0 Å². The van der Waals surface area contributed by atoms with Gasteiger partial charge < -0.3 is 10.1 Å². The Bertz CT molecular complexity index is 292. The van der Waals surface area contributed by atoms with Crippen LogP contribution in [0.2, 0.25) is 0 Å². The Kier molecular flexibility index (Phi) is 9.80. The minimum Gasteiger partial charge on any atom is -0.465 e. The van der Waals surface area contributed by atoms with E-state index in [0.29, 0.717) is 13.2 Å². The summed E-state index contributed by atoms with van der Waals surface area (Å²) in [5, 5.41) is 2.91. The Morgan fingerprint density at radius 3 is 2.58 bits per heavy atom. The first-order valence-electron chi connectivity index (χ1n) is 6.81. The van der Waals surface area contributed by atoms with Crippen molar-refractivity contribution < 1.29 is 14.3 Å². The predicted molar refractivity (Wildman–Crippen MR) is 75.8 cm³/mol. The zero-order valence-corrected chi connectivity index (χ0v) is 12.3. The number of esters is 1. The quantitative estimate of drug-likeness (QED) is 0.481. The highest BCUT2D eigenvalue weighted by molar-refractivity contribution is 5.79. The summed E-state index contributed by atoms with van der Waals surface area (Å²) >= 11 is 0. The maximum atomic E-state index is 11.8. The number of rotatable bonds is 10. The molecule has 5 nitrogen and oxygen atoms in total. The van der Waals surface area contributed by atoms with Crippen molar-refractivity contribution in [3.05, 3.63) is 12.7 Å². The average Bonchev–Trinajstić information content (AvgIpc) is 2.29. The number of carbonyl (C=O) groups excluding carboxylic acids is 2. The van der Waals surface area contributed by atoms with Gasteiger partial charge in [-0.25, -0.2) is 0 Å². The van der Waals surface area contributed by atoms with E-state index in [0.717, 1.165) is 12.8 Å². The predicted octanol–water partition coefficient (Wildman–Crippen LogP) is 1.34. The highest BCUT2D eigenvalue weighted by atomic mass is 16.5. The second-order valence-electron chi connectivity index (χ2n) is 4.52. The molecule has 0 spiro atoms. The second-order valence-corrected chi connectivity index (χ2v) is 4.52. The minimum absolute atomic E-state index is 0.0768. The third-order valence-electron chi connectivity index (χ3n) is 2.54. The summed E-state index contributed by atoms with van der Waals surface area (Å²) in [4.78, 5) is 24.9. The van der Waals surface area contributed by atoms with E-state index in [-0.39, 0.29) is 31.0 Å². The number of nitrogens with zero attached hydrogens (tertiary/aromatic N) is 1. The van der Waals surface area contributed by atoms with Crippen LogP contribution in [0.1, 0.15) is 33.6 Å². The summed E-state index contributed by atoms with van der Waals surface area (Å²) in [5.74, 6) is -0.397. The summed E-state index contributed by atoms with van der Waals surface area (Å²) in [6.45, 7) is 10.6. The summed E-state index contributed by atoms with van der Waals surface area (Å²) in [5.41, 5.74) is 0. The van der Waals surface area contributed by atoms with E-state index < -0.39 is 0 Å². The normalized spacial score (nSPS) is 12.0. The fourth-order valence-corrected chi connectivity index (χ4v) is 1.79. The third-order valence-corrected chi connectivity index (χ3v) is 2.54. The molecule has 19 heavy (non-hydrogen) atoms. The molecule has 0 aliphatic rings. The van der Waals surface area contributed by atoms with Crippen LogP contribution >= 0.6 is 0 Å². The molecular weight excluding hydrogens is 244 g/mol. The number of amides is 1. The van der Waals surface area contributed by atoms with E-state index in [1.54, 1.807) is 17.9 Å². The maximum absolute atomic E-state index is 11.8. The first kappa shape index (κ1) is 17.6. The van der Waals surface area contributed by atoms with Crippen LogP contribution in [0.3, 0.4) is 0 Å². The molecule has 0 saturated carbocycles. The van der Waals surface area contributed by atoms with E-state index in [1.165, 1.54) is 0 Å². The Hall–Kier alpha value is -1.36. The highest BCUT2D eigenvalue weighted by Gasteiger charge is 2.15. The van der Waals surface area contributed by atoms with Gasteiger partial charge in [-0.1, -0.05) is 19.4 Å². The van der Waals surface area contributed by atoms with Crippen molar-refractivity contribution in [2.24, 2.45) is 0 Å². The molecule has 0 aromatic rings. The van der Waals surface area contributed by atoms with Gasteiger partial charge in [0, 0.05) is 12.6 Å². The standard InChI is InChI=1S/C14H26N2O3/c1-5-8-12(4)15-13(17)10-16(9-6-2)11-14(18)19-7-3/h6,12H,2,5,7-11H2,1,3-4H3,(H,15,17). The van der Waals surface area contributed by atoms with Crippen LogP contribution in [-0.4, -0.2) is 49.1 Å². The van der Waals surface area contributed by atoms with Crippen molar-refractivity contribution >= 4 is 11.9 Å². The first-order valence-corrected chi connectivity index (χ1v) is 6.81. The smallest absolute Gasteiger partial charge is 0.320 e. The lowest BCUT2D eigenvalue weighted by Crippen LogP contribution is -2.43. The molecule has 0 bridgehead atoms. The van der Waals surface area contributed by atoms with Crippen molar-refractivity contribution in [2.45, 2.75) is 39.7 Å². The van der Waals surface area contributed by atoms with Gasteiger partial charge in [-0.15, -0.1) is 6.58 Å². The van der Waals surface area contributed by atoms with Gasteiger partial charge in [0.05, 0.1) is 19.7 Å². The molecule has 110 valence electrons. The van der Waals surface area contributed by atoms with Crippen molar-refractivity contribution in [3.8, 4) is 0 Å². The molecular formula is C14H26N2O3. The Balaban J connectivity index is 4.21. The van der Waals surface area contributed by atoms with E-state index in [1.807, 2.05) is 6.92 Å². The first-order chi connectivity index (χ1) is 9.03. The van der Waals surface area contributed by atoms with Crippen molar-refractivity contribution in [2.75, 3.05) is 26.2 Å². The Morgan fingerprint density at radius 2 is 2.05 bits per heavy atom. The van der Waals surface area contributed by atoms with Crippen LogP contribution in [0.5, 0.6) is 0 Å². The largest absolute Gasteiger partial charge is 0.465 e. The molecule has 0 aromatic heterocycles. The average molecular weight is 270 g/mol. The van der Waals surface area contributed by atoms with Crippen LogP contribution in [0, 0.1) is 0 Å². The fourth-order valence-electron chi connectivity index (χ4n) is 1.79. The molecule has 0 fully saturated rings. The second kappa shape index (κ2) is 10.6. The number of carbonyl (C=O) groups is 2. The number of ether oxygens (including phenoxy) is 1. The lowest BCUT2D eigenvalue weighted by Gasteiger charge is -2.20. The van der Waals surface area contributed by atoms with Gasteiger partial charge in [-0.3, -0.25) is 14.5 Å². The van der Waals surface area contributed by atoms with Gasteiger partial charge in [-0.05, 0) is 20.3 Å². The zero-order valence-electron chi connectivity index (χ0n) is 12.3. The number of nitrogens with one attached hydrogen (secondary N) is 1.